The molecule has 1 saturated carbocycles. The van der Waals surface area contributed by atoms with E-state index in [-0.39, 0.29) is 0 Å². The van der Waals surface area contributed by atoms with E-state index in [1.165, 1.54) is 18.5 Å². The molecule has 1 aliphatic carbocycles. The lowest BCUT2D eigenvalue weighted by molar-refractivity contribution is 0.413. The first-order valence-electron chi connectivity index (χ1n) is 11.2. The number of methoxy groups -OCH3 is 1. The Bertz CT molecular complexity index is 1520. The summed E-state index contributed by atoms with van der Waals surface area (Å²) in [5, 5.41) is 15.2. The molecule has 168 valence electrons. The summed E-state index contributed by atoms with van der Waals surface area (Å²) in [5.41, 5.74) is 6.03. The Balaban J connectivity index is 1.54. The SMILES string of the molecule is COc1cc2c(cc1-n1c(C)nnc1C)[nH]c1nc(C)nc(Cc3cc(C4CC4)nn3C)c12. The molecule has 0 aliphatic heterocycles. The number of aromatic nitrogens is 8. The molecule has 9 heteroatoms. The van der Waals surface area contributed by atoms with Gasteiger partial charge in [0.05, 0.1) is 29.7 Å². The molecule has 6 rings (SSSR count). The molecule has 4 aromatic heterocycles. The van der Waals surface area contributed by atoms with Crippen LogP contribution >= 0.6 is 0 Å². The number of aryl methyl sites for hydroxylation is 4. The van der Waals surface area contributed by atoms with Gasteiger partial charge in [0.15, 0.2) is 0 Å². The van der Waals surface area contributed by atoms with Crippen molar-refractivity contribution in [3.05, 3.63) is 52.8 Å². The second kappa shape index (κ2) is 7.13. The van der Waals surface area contributed by atoms with E-state index in [1.54, 1.807) is 7.11 Å². The van der Waals surface area contributed by atoms with Crippen LogP contribution in [0.5, 0.6) is 5.75 Å². The molecule has 5 aromatic rings. The molecule has 1 aromatic carbocycles. The lowest BCUT2D eigenvalue weighted by Crippen LogP contribution is -2.03. The van der Waals surface area contributed by atoms with E-state index in [4.69, 9.17) is 19.8 Å². The molecule has 1 fully saturated rings. The van der Waals surface area contributed by atoms with Crippen LogP contribution < -0.4 is 4.74 Å². The van der Waals surface area contributed by atoms with Gasteiger partial charge in [-0.2, -0.15) is 5.10 Å². The minimum atomic E-state index is 0.623. The van der Waals surface area contributed by atoms with Crippen LogP contribution in [-0.4, -0.2) is 46.6 Å². The summed E-state index contributed by atoms with van der Waals surface area (Å²) in [6.45, 7) is 5.81. The van der Waals surface area contributed by atoms with Crippen LogP contribution in [0, 0.1) is 20.8 Å². The molecule has 1 aliphatic rings. The largest absolute Gasteiger partial charge is 0.495 e. The van der Waals surface area contributed by atoms with Gasteiger partial charge in [-0.1, -0.05) is 0 Å². The number of hydrogen-bond donors (Lipinski definition) is 1. The molecule has 4 heterocycles. The summed E-state index contributed by atoms with van der Waals surface area (Å²) in [5.74, 6) is 3.72. The third-order valence-electron chi connectivity index (χ3n) is 6.50. The Morgan fingerprint density at radius 2 is 1.82 bits per heavy atom. The van der Waals surface area contributed by atoms with Gasteiger partial charge in [-0.3, -0.25) is 9.25 Å². The number of aromatic amines is 1. The van der Waals surface area contributed by atoms with Crippen molar-refractivity contribution in [2.75, 3.05) is 7.11 Å². The van der Waals surface area contributed by atoms with E-state index >= 15 is 0 Å². The smallest absolute Gasteiger partial charge is 0.143 e. The van der Waals surface area contributed by atoms with Crippen molar-refractivity contribution < 1.29 is 4.74 Å². The topological polar surface area (TPSA) is 99.3 Å². The Kier molecular flexibility index (Phi) is 4.30. The first-order valence-corrected chi connectivity index (χ1v) is 11.2. The van der Waals surface area contributed by atoms with Crippen molar-refractivity contribution in [3.8, 4) is 11.4 Å². The van der Waals surface area contributed by atoms with Crippen molar-refractivity contribution in [2.45, 2.75) is 46.0 Å². The monoisotopic (exact) mass is 442 g/mol. The average molecular weight is 443 g/mol. The molecule has 1 N–H and O–H groups in total. The highest BCUT2D eigenvalue weighted by Crippen LogP contribution is 2.40. The Morgan fingerprint density at radius 1 is 1.06 bits per heavy atom. The molecule has 9 nitrogen and oxygen atoms in total. The summed E-state index contributed by atoms with van der Waals surface area (Å²) >= 11 is 0. The van der Waals surface area contributed by atoms with E-state index < -0.39 is 0 Å². The van der Waals surface area contributed by atoms with Crippen molar-refractivity contribution in [1.29, 1.82) is 0 Å². The van der Waals surface area contributed by atoms with Gasteiger partial charge in [-0.25, -0.2) is 9.97 Å². The Hall–Kier alpha value is -3.75. The van der Waals surface area contributed by atoms with Crippen molar-refractivity contribution in [1.82, 2.24) is 39.5 Å². The number of ether oxygens (including phenoxy) is 1. The molecule has 0 radical (unpaired) electrons. The van der Waals surface area contributed by atoms with Crippen LogP contribution in [0.25, 0.3) is 27.6 Å². The molecular formula is C24H26N8O. The lowest BCUT2D eigenvalue weighted by atomic mass is 10.1. The van der Waals surface area contributed by atoms with Crippen LogP contribution in [0.15, 0.2) is 18.2 Å². The van der Waals surface area contributed by atoms with Crippen LogP contribution in [0.1, 0.15) is 53.3 Å². The van der Waals surface area contributed by atoms with E-state index in [0.29, 0.717) is 12.3 Å². The zero-order valence-corrected chi connectivity index (χ0v) is 19.5. The maximum absolute atomic E-state index is 5.80. The van der Waals surface area contributed by atoms with Crippen LogP contribution in [0.3, 0.4) is 0 Å². The van der Waals surface area contributed by atoms with Gasteiger partial charge in [0.25, 0.3) is 0 Å². The number of H-pyrrole nitrogens is 1. The fourth-order valence-electron chi connectivity index (χ4n) is 4.74. The minimum Gasteiger partial charge on any atom is -0.495 e. The number of nitrogens with one attached hydrogen (secondary N) is 1. The third kappa shape index (κ3) is 3.18. The summed E-state index contributed by atoms with van der Waals surface area (Å²) in [7, 11) is 3.70. The van der Waals surface area contributed by atoms with Gasteiger partial charge in [0, 0.05) is 35.9 Å². The maximum atomic E-state index is 5.80. The number of rotatable bonds is 5. The fourth-order valence-corrected chi connectivity index (χ4v) is 4.74. The minimum absolute atomic E-state index is 0.623. The van der Waals surface area contributed by atoms with Crippen LogP contribution in [0.2, 0.25) is 0 Å². The second-order valence-electron chi connectivity index (χ2n) is 8.90. The van der Waals surface area contributed by atoms with Gasteiger partial charge in [-0.15, -0.1) is 10.2 Å². The number of hydrogen-bond acceptors (Lipinski definition) is 6. The third-order valence-corrected chi connectivity index (χ3v) is 6.50. The molecular weight excluding hydrogens is 416 g/mol. The number of benzene rings is 1. The Morgan fingerprint density at radius 3 is 2.52 bits per heavy atom. The van der Waals surface area contributed by atoms with Gasteiger partial charge in [-0.05, 0) is 51.8 Å². The van der Waals surface area contributed by atoms with E-state index in [1.807, 2.05) is 37.1 Å². The zero-order valence-electron chi connectivity index (χ0n) is 19.5. The molecule has 0 unspecified atom stereocenters. The normalized spacial score (nSPS) is 14.0. The van der Waals surface area contributed by atoms with Crippen LogP contribution in [-0.2, 0) is 13.5 Å². The van der Waals surface area contributed by atoms with Crippen molar-refractivity contribution >= 4 is 21.9 Å². The highest BCUT2D eigenvalue weighted by molar-refractivity contribution is 6.08. The predicted octanol–water partition coefficient (Wildman–Crippen LogP) is 3.83. The zero-order chi connectivity index (χ0) is 22.9. The quantitative estimate of drug-likeness (QED) is 0.444. The molecule has 33 heavy (non-hydrogen) atoms. The predicted molar refractivity (Wildman–Crippen MR) is 125 cm³/mol. The highest BCUT2D eigenvalue weighted by atomic mass is 16.5. The maximum Gasteiger partial charge on any atom is 0.143 e. The first kappa shape index (κ1) is 19.9. The molecule has 0 atom stereocenters. The first-order chi connectivity index (χ1) is 15.9. The summed E-state index contributed by atoms with van der Waals surface area (Å²) in [4.78, 5) is 13.1. The summed E-state index contributed by atoms with van der Waals surface area (Å²) < 4.78 is 9.78. The van der Waals surface area contributed by atoms with Gasteiger partial charge >= 0.3 is 0 Å². The van der Waals surface area contributed by atoms with Crippen molar-refractivity contribution in [3.63, 3.8) is 0 Å². The highest BCUT2D eigenvalue weighted by Gasteiger charge is 2.27. The van der Waals surface area contributed by atoms with Gasteiger partial charge in [0.1, 0.15) is 28.9 Å². The lowest BCUT2D eigenvalue weighted by Gasteiger charge is -2.12. The molecule has 0 bridgehead atoms. The fraction of sp³-hybridized carbons (Fsp3) is 0.375. The summed E-state index contributed by atoms with van der Waals surface area (Å²) in [6, 6.07) is 6.36. The van der Waals surface area contributed by atoms with E-state index in [0.717, 1.165) is 62.2 Å². The molecule has 0 saturated heterocycles. The van der Waals surface area contributed by atoms with Crippen molar-refractivity contribution in [2.24, 2.45) is 7.05 Å². The standard InChI is InChI=1S/C24H26N8O/c1-12-25-20(9-16-8-18(15-6-7-15)30-31(16)4)23-17-10-22(33-5)21(11-19(17)27-24(23)26-12)32-13(2)28-29-14(32)3/h8,10-11,15H,6-7,9H2,1-5H3,(H,25,26,27). The number of nitrogens with zero attached hydrogens (tertiary/aromatic N) is 7. The second-order valence-corrected chi connectivity index (χ2v) is 8.90. The van der Waals surface area contributed by atoms with E-state index in [9.17, 15) is 0 Å². The number of fused-ring (bicyclic) bond motifs is 3. The van der Waals surface area contributed by atoms with Gasteiger partial charge < -0.3 is 9.72 Å². The summed E-state index contributed by atoms with van der Waals surface area (Å²) in [6.07, 6.45) is 3.17. The average Bonchev–Trinajstić information content (AvgIpc) is 3.37. The van der Waals surface area contributed by atoms with E-state index in [2.05, 4.69) is 33.4 Å². The molecule has 0 spiro atoms. The van der Waals surface area contributed by atoms with Gasteiger partial charge in [0.2, 0.25) is 0 Å². The van der Waals surface area contributed by atoms with Crippen LogP contribution in [0.4, 0.5) is 0 Å². The Labute approximate surface area is 190 Å². The molecule has 0 amide bonds.